The summed E-state index contributed by atoms with van der Waals surface area (Å²) in [5.74, 6) is -0.156. The van der Waals surface area contributed by atoms with Crippen molar-refractivity contribution in [2.45, 2.75) is 33.1 Å². The van der Waals surface area contributed by atoms with Crippen molar-refractivity contribution in [2.24, 2.45) is 5.92 Å². The van der Waals surface area contributed by atoms with Crippen LogP contribution in [-0.2, 0) is 16.0 Å². The van der Waals surface area contributed by atoms with Crippen LogP contribution in [0, 0.1) is 12.8 Å². The summed E-state index contributed by atoms with van der Waals surface area (Å²) in [6.45, 7) is 4.58. The molecule has 1 atom stereocenters. The maximum atomic E-state index is 12.6. The molecule has 2 heterocycles. The van der Waals surface area contributed by atoms with Gasteiger partial charge in [0.15, 0.2) is 5.82 Å². The quantitative estimate of drug-likeness (QED) is 0.657. The second-order valence-corrected chi connectivity index (χ2v) is 7.81. The van der Waals surface area contributed by atoms with Gasteiger partial charge >= 0.3 is 0 Å². The fourth-order valence-electron chi connectivity index (χ4n) is 3.72. The van der Waals surface area contributed by atoms with Gasteiger partial charge in [-0.05, 0) is 37.1 Å². The zero-order chi connectivity index (χ0) is 21.1. The van der Waals surface area contributed by atoms with Gasteiger partial charge in [-0.3, -0.25) is 9.59 Å². The summed E-state index contributed by atoms with van der Waals surface area (Å²) in [7, 11) is 0. The van der Waals surface area contributed by atoms with E-state index < -0.39 is 0 Å². The summed E-state index contributed by atoms with van der Waals surface area (Å²) in [6.07, 6.45) is 2.31. The Labute approximate surface area is 176 Å². The highest BCUT2D eigenvalue weighted by atomic mass is 16.2. The Balaban J connectivity index is 1.70. The molecule has 3 aromatic rings. The van der Waals surface area contributed by atoms with Crippen LogP contribution in [0.5, 0.6) is 0 Å². The van der Waals surface area contributed by atoms with Gasteiger partial charge in [-0.2, -0.15) is 0 Å². The fraction of sp³-hybridized carbons (Fsp3) is 0.292. The first-order valence-electron chi connectivity index (χ1n) is 10.4. The molecule has 6 heteroatoms. The number of carbonyl (C=O) groups excluding carboxylic acids is 2. The molecule has 0 saturated carbocycles. The van der Waals surface area contributed by atoms with E-state index >= 15 is 0 Å². The molecule has 1 aliphatic rings. The lowest BCUT2D eigenvalue weighted by Gasteiger charge is -2.09. The molecule has 154 valence electrons. The number of carbonyl (C=O) groups is 2. The summed E-state index contributed by atoms with van der Waals surface area (Å²) in [5, 5.41) is 10.3. The minimum absolute atomic E-state index is 0.0891. The van der Waals surface area contributed by atoms with Gasteiger partial charge in [0.2, 0.25) is 11.8 Å². The lowest BCUT2D eigenvalue weighted by Crippen LogP contribution is -2.24. The van der Waals surface area contributed by atoms with E-state index in [1.54, 1.807) is 0 Å². The number of nitrogens with zero attached hydrogens (tertiary/aromatic N) is 2. The molecule has 0 bridgehead atoms. The van der Waals surface area contributed by atoms with Gasteiger partial charge in [-0.25, -0.2) is 4.68 Å². The molecule has 2 aromatic carbocycles. The van der Waals surface area contributed by atoms with E-state index in [4.69, 9.17) is 0 Å². The lowest BCUT2D eigenvalue weighted by atomic mass is 10.0. The van der Waals surface area contributed by atoms with Gasteiger partial charge in [0.25, 0.3) is 0 Å². The highest BCUT2D eigenvalue weighted by Crippen LogP contribution is 2.28. The topological polar surface area (TPSA) is 76.0 Å². The van der Waals surface area contributed by atoms with Crippen LogP contribution >= 0.6 is 0 Å². The van der Waals surface area contributed by atoms with Crippen LogP contribution in [0.4, 0.5) is 5.82 Å². The van der Waals surface area contributed by atoms with E-state index in [-0.39, 0.29) is 24.2 Å². The number of benzene rings is 2. The molecule has 1 saturated heterocycles. The van der Waals surface area contributed by atoms with E-state index in [1.165, 1.54) is 11.1 Å². The van der Waals surface area contributed by atoms with Crippen LogP contribution in [-0.4, -0.2) is 28.1 Å². The number of amides is 2. The number of rotatable bonds is 6. The first kappa shape index (κ1) is 19.9. The van der Waals surface area contributed by atoms with Gasteiger partial charge < -0.3 is 10.6 Å². The SMILES string of the molecule is CCCc1cccc(-c2cc(NC(=O)[C@@H]3CNC(=O)C3)nn2-c2ccc(C)cc2)c1. The van der Waals surface area contributed by atoms with E-state index in [2.05, 4.69) is 46.9 Å². The highest BCUT2D eigenvalue weighted by Gasteiger charge is 2.28. The Morgan fingerprint density at radius 1 is 1.20 bits per heavy atom. The third kappa shape index (κ3) is 4.27. The average Bonchev–Trinajstić information content (AvgIpc) is 3.36. The summed E-state index contributed by atoms with van der Waals surface area (Å²) in [4.78, 5) is 24.0. The van der Waals surface area contributed by atoms with Gasteiger partial charge in [-0.15, -0.1) is 5.10 Å². The standard InChI is InChI=1S/C24H26N4O2/c1-3-5-17-6-4-7-18(12-17)21-14-22(26-24(30)19-13-23(29)25-15-19)27-28(21)20-10-8-16(2)9-11-20/h4,6-12,14,19H,3,5,13,15H2,1-2H3,(H,25,29)(H,26,27,30)/t19-/m0/s1. The van der Waals surface area contributed by atoms with Crippen LogP contribution in [0.25, 0.3) is 16.9 Å². The Morgan fingerprint density at radius 2 is 2.00 bits per heavy atom. The lowest BCUT2D eigenvalue weighted by molar-refractivity contribution is -0.123. The van der Waals surface area contributed by atoms with E-state index in [1.807, 2.05) is 41.9 Å². The largest absolute Gasteiger partial charge is 0.355 e. The molecule has 2 N–H and O–H groups in total. The van der Waals surface area contributed by atoms with Crippen molar-refractivity contribution in [3.63, 3.8) is 0 Å². The third-order valence-electron chi connectivity index (χ3n) is 5.35. The molecule has 0 aliphatic carbocycles. The van der Waals surface area contributed by atoms with Gasteiger partial charge in [0.05, 0.1) is 17.3 Å². The summed E-state index contributed by atoms with van der Waals surface area (Å²) in [5.41, 5.74) is 5.33. The number of anilines is 1. The predicted octanol–water partition coefficient (Wildman–Crippen LogP) is 3.87. The normalized spacial score (nSPS) is 15.8. The van der Waals surface area contributed by atoms with Crippen molar-refractivity contribution in [3.8, 4) is 16.9 Å². The molecule has 6 nitrogen and oxygen atoms in total. The van der Waals surface area contributed by atoms with E-state index in [0.29, 0.717) is 12.4 Å². The minimum atomic E-state index is -0.363. The third-order valence-corrected chi connectivity index (χ3v) is 5.35. The molecule has 1 aliphatic heterocycles. The van der Waals surface area contributed by atoms with Crippen molar-refractivity contribution in [1.82, 2.24) is 15.1 Å². The number of aryl methyl sites for hydroxylation is 2. The number of hydrogen-bond acceptors (Lipinski definition) is 3. The molecule has 4 rings (SSSR count). The second kappa shape index (κ2) is 8.53. The van der Waals surface area contributed by atoms with E-state index in [9.17, 15) is 9.59 Å². The maximum Gasteiger partial charge on any atom is 0.230 e. The molecule has 1 fully saturated rings. The molecule has 0 spiro atoms. The molecular weight excluding hydrogens is 376 g/mol. The Hall–Kier alpha value is -3.41. The first-order chi connectivity index (χ1) is 14.5. The van der Waals surface area contributed by atoms with Crippen LogP contribution < -0.4 is 10.6 Å². The summed E-state index contributed by atoms with van der Waals surface area (Å²) >= 11 is 0. The summed E-state index contributed by atoms with van der Waals surface area (Å²) < 4.78 is 1.86. The Morgan fingerprint density at radius 3 is 2.70 bits per heavy atom. The Bertz CT molecular complexity index is 1070. The number of hydrogen-bond donors (Lipinski definition) is 2. The number of nitrogens with one attached hydrogen (secondary N) is 2. The van der Waals surface area contributed by atoms with E-state index in [0.717, 1.165) is 29.8 Å². The van der Waals surface area contributed by atoms with Crippen molar-refractivity contribution in [2.75, 3.05) is 11.9 Å². The fourth-order valence-corrected chi connectivity index (χ4v) is 3.72. The van der Waals surface area contributed by atoms with Crippen LogP contribution in [0.1, 0.15) is 30.9 Å². The monoisotopic (exact) mass is 402 g/mol. The zero-order valence-electron chi connectivity index (χ0n) is 17.3. The summed E-state index contributed by atoms with van der Waals surface area (Å²) in [6, 6.07) is 18.5. The maximum absolute atomic E-state index is 12.6. The molecular formula is C24H26N4O2. The second-order valence-electron chi connectivity index (χ2n) is 7.81. The van der Waals surface area contributed by atoms with Gasteiger partial charge in [-0.1, -0.05) is 49.2 Å². The van der Waals surface area contributed by atoms with Crippen molar-refractivity contribution < 1.29 is 9.59 Å². The molecule has 1 aromatic heterocycles. The predicted molar refractivity (Wildman–Crippen MR) is 117 cm³/mol. The average molecular weight is 402 g/mol. The number of aromatic nitrogens is 2. The molecule has 2 amide bonds. The molecule has 0 radical (unpaired) electrons. The van der Waals surface area contributed by atoms with Crippen molar-refractivity contribution >= 4 is 17.6 Å². The smallest absolute Gasteiger partial charge is 0.230 e. The van der Waals surface area contributed by atoms with Crippen LogP contribution in [0.15, 0.2) is 54.6 Å². The van der Waals surface area contributed by atoms with Crippen LogP contribution in [0.2, 0.25) is 0 Å². The molecule has 0 unspecified atom stereocenters. The van der Waals surface area contributed by atoms with Crippen molar-refractivity contribution in [1.29, 1.82) is 0 Å². The zero-order valence-corrected chi connectivity index (χ0v) is 17.3. The Kier molecular flexibility index (Phi) is 5.65. The van der Waals surface area contributed by atoms with Crippen molar-refractivity contribution in [3.05, 3.63) is 65.7 Å². The first-order valence-corrected chi connectivity index (χ1v) is 10.4. The van der Waals surface area contributed by atoms with Gasteiger partial charge in [0.1, 0.15) is 0 Å². The van der Waals surface area contributed by atoms with Crippen LogP contribution in [0.3, 0.4) is 0 Å². The highest BCUT2D eigenvalue weighted by molar-refractivity contribution is 5.97. The van der Waals surface area contributed by atoms with Gasteiger partial charge in [0, 0.05) is 24.6 Å². The minimum Gasteiger partial charge on any atom is -0.355 e. The molecule has 30 heavy (non-hydrogen) atoms.